The van der Waals surface area contributed by atoms with Gasteiger partial charge in [0.25, 0.3) is 0 Å². The Hall–Kier alpha value is 0.951. The Morgan fingerprint density at radius 3 is 0.958 bits per heavy atom. The second-order valence-electron chi connectivity index (χ2n) is 4.11. The molecule has 1 aliphatic rings. The van der Waals surface area contributed by atoms with Crippen LogP contribution in [0, 0.1) is 0 Å². The van der Waals surface area contributed by atoms with Gasteiger partial charge in [-0.2, -0.15) is 0 Å². The summed E-state index contributed by atoms with van der Waals surface area (Å²) in [7, 11) is -15.9. The van der Waals surface area contributed by atoms with E-state index in [9.17, 15) is 51.8 Å². The van der Waals surface area contributed by atoms with Crippen molar-refractivity contribution in [1.29, 1.82) is 0 Å². The van der Waals surface area contributed by atoms with Gasteiger partial charge in [0.05, 0.1) is 0 Å². The molecule has 0 amide bonds. The van der Waals surface area contributed by atoms with Crippen molar-refractivity contribution in [3.8, 4) is 0 Å². The van der Waals surface area contributed by atoms with E-state index in [-0.39, 0.29) is 52.8 Å². The van der Waals surface area contributed by atoms with Crippen molar-refractivity contribution in [3.05, 3.63) is 0 Å². The summed E-state index contributed by atoms with van der Waals surface area (Å²) < 4.78 is 117. The minimum Gasteiger partial charge on any atom is -1.00 e. The quantitative estimate of drug-likeness (QED) is 0.515. The normalized spacial score (nSPS) is 15.4. The molecule has 0 atom stereocenters. The molecule has 0 aromatic rings. The zero-order valence-electron chi connectivity index (χ0n) is 13.9. The van der Waals surface area contributed by atoms with Crippen LogP contribution in [0.4, 0.5) is 51.8 Å². The van der Waals surface area contributed by atoms with Crippen LogP contribution in [0.5, 0.6) is 0 Å². The minimum atomic E-state index is -6.00. The van der Waals surface area contributed by atoms with Gasteiger partial charge in [-0.1, -0.05) is 19.3 Å². The summed E-state index contributed by atoms with van der Waals surface area (Å²) in [5.41, 5.74) is 0. The molecule has 0 spiro atoms. The van der Waals surface area contributed by atoms with Gasteiger partial charge in [-0.15, -0.1) is 0 Å². The second-order valence-corrected chi connectivity index (χ2v) is 4.11. The van der Waals surface area contributed by atoms with Gasteiger partial charge >= 0.3 is 73.1 Å². The number of halogens is 12. The van der Waals surface area contributed by atoms with Crippen LogP contribution in [-0.4, -0.2) is 34.9 Å². The molecule has 1 aliphatic carbocycles. The van der Waals surface area contributed by atoms with Crippen LogP contribution < -0.4 is 56.7 Å². The topological polar surface area (TPSA) is 12.0 Å². The molecular weight excluding hydrogens is 398 g/mol. The molecule has 1 saturated carbocycles. The summed E-state index contributed by atoms with van der Waals surface area (Å²) in [5, 5.41) is 3.30. The fourth-order valence-electron chi connectivity index (χ4n) is 1.39. The Bertz CT molecular complexity index is 224. The monoisotopic (exact) mass is 414 g/mol. The maximum Gasteiger partial charge on any atom is 1.00 e. The molecule has 0 unspecified atom stereocenters. The van der Waals surface area contributed by atoms with Crippen molar-refractivity contribution in [3.63, 3.8) is 0 Å². The largest absolute Gasteiger partial charge is 1.00 e. The molecule has 0 aliphatic heterocycles. The van der Waals surface area contributed by atoms with Crippen LogP contribution in [0.2, 0.25) is 0 Å². The molecule has 1 N–H and O–H groups in total. The SMILES string of the molecule is CNC1CCCCC1.F[B-](F)(F)F.F[B-](F)(F)F.F[B-](F)(F)F.[H-].[K+]. The fraction of sp³-hybridized carbons (Fsp3) is 1.00. The first kappa shape index (κ1) is 32.6. The third-order valence-electron chi connectivity index (χ3n) is 2.01. The van der Waals surface area contributed by atoms with Gasteiger partial charge in [0.1, 0.15) is 0 Å². The van der Waals surface area contributed by atoms with Crippen molar-refractivity contribution >= 4 is 21.8 Å². The first-order valence-corrected chi connectivity index (χ1v) is 6.22. The van der Waals surface area contributed by atoms with E-state index in [1.165, 1.54) is 32.1 Å². The minimum absolute atomic E-state index is 0. The Kier molecular flexibility index (Phi) is 21.9. The summed E-state index contributed by atoms with van der Waals surface area (Å²) >= 11 is 0. The van der Waals surface area contributed by atoms with E-state index in [2.05, 4.69) is 12.4 Å². The van der Waals surface area contributed by atoms with E-state index >= 15 is 0 Å². The molecule has 1 rings (SSSR count). The zero-order chi connectivity index (χ0) is 19.3. The summed E-state index contributed by atoms with van der Waals surface area (Å²) in [6.07, 6.45) is 7.13. The second kappa shape index (κ2) is 16.1. The van der Waals surface area contributed by atoms with E-state index < -0.39 is 21.8 Å². The van der Waals surface area contributed by atoms with Gasteiger partial charge in [0.2, 0.25) is 0 Å². The number of nitrogens with one attached hydrogen (secondary N) is 1. The number of hydrogen-bond donors (Lipinski definition) is 1. The van der Waals surface area contributed by atoms with Crippen LogP contribution in [0.1, 0.15) is 33.5 Å². The molecule has 0 aromatic carbocycles. The van der Waals surface area contributed by atoms with E-state index in [0.717, 1.165) is 6.04 Å². The summed E-state index contributed by atoms with van der Waals surface area (Å²) in [5.74, 6) is 0. The van der Waals surface area contributed by atoms with Crippen molar-refractivity contribution in [1.82, 2.24) is 5.32 Å². The van der Waals surface area contributed by atoms with Gasteiger partial charge in [-0.3, -0.25) is 0 Å². The van der Waals surface area contributed by atoms with E-state index in [1.807, 2.05) is 0 Å². The van der Waals surface area contributed by atoms with E-state index in [0.29, 0.717) is 0 Å². The third kappa shape index (κ3) is 92.2. The predicted octanol–water partition coefficient (Wildman–Crippen LogP) is 2.55. The van der Waals surface area contributed by atoms with Crippen molar-refractivity contribution in [2.75, 3.05) is 7.05 Å². The molecule has 0 bridgehead atoms. The Morgan fingerprint density at radius 2 is 0.833 bits per heavy atom. The molecule has 0 radical (unpaired) electrons. The maximum absolute atomic E-state index is 9.75. The molecule has 24 heavy (non-hydrogen) atoms. The predicted molar refractivity (Wildman–Crippen MR) is 67.6 cm³/mol. The Morgan fingerprint density at radius 1 is 0.625 bits per heavy atom. The number of hydrogen-bond acceptors (Lipinski definition) is 1. The molecule has 0 heterocycles. The van der Waals surface area contributed by atoms with Crippen molar-refractivity contribution < 1.29 is 105 Å². The standard InChI is InChI=1S/C7H15N.3BF4.K.H/c1-8-7-5-3-2-4-6-7;3*2-1(3,4)5;;/h7-8H,2-6H2,1H3;;;;;/q;3*-1;+1;-1. The van der Waals surface area contributed by atoms with Crippen LogP contribution in [0.3, 0.4) is 0 Å². The summed E-state index contributed by atoms with van der Waals surface area (Å²) in [6, 6.07) is 0.837. The molecule has 1 nitrogen and oxygen atoms in total. The van der Waals surface area contributed by atoms with E-state index in [4.69, 9.17) is 0 Å². The van der Waals surface area contributed by atoms with Gasteiger partial charge in [0, 0.05) is 6.04 Å². The first-order chi connectivity index (χ1) is 9.93. The van der Waals surface area contributed by atoms with Crippen LogP contribution in [0.15, 0.2) is 0 Å². The molecule has 1 fully saturated rings. The Labute approximate surface area is 175 Å². The van der Waals surface area contributed by atoms with Crippen molar-refractivity contribution in [2.45, 2.75) is 38.1 Å². The molecule has 0 saturated heterocycles. The molecule has 0 aromatic heterocycles. The van der Waals surface area contributed by atoms with Gasteiger partial charge in [0.15, 0.2) is 0 Å². The smallest absolute Gasteiger partial charge is 1.00 e. The fourth-order valence-corrected chi connectivity index (χ4v) is 1.39. The molecular formula is C7H16B3F12KN-3. The molecule has 146 valence electrons. The third-order valence-corrected chi connectivity index (χ3v) is 2.01. The van der Waals surface area contributed by atoms with E-state index in [1.54, 1.807) is 0 Å². The average molecular weight is 414 g/mol. The van der Waals surface area contributed by atoms with Gasteiger partial charge < -0.3 is 58.5 Å². The average Bonchev–Trinajstić information content (AvgIpc) is 2.23. The van der Waals surface area contributed by atoms with Gasteiger partial charge in [-0.25, -0.2) is 0 Å². The first-order valence-electron chi connectivity index (χ1n) is 6.22. The number of rotatable bonds is 1. The van der Waals surface area contributed by atoms with Crippen molar-refractivity contribution in [2.24, 2.45) is 0 Å². The zero-order valence-corrected chi connectivity index (χ0v) is 16.0. The van der Waals surface area contributed by atoms with Gasteiger partial charge in [-0.05, 0) is 19.9 Å². The maximum atomic E-state index is 9.75. The summed E-state index contributed by atoms with van der Waals surface area (Å²) in [6.45, 7) is 0. The molecule has 17 heteroatoms. The van der Waals surface area contributed by atoms with Crippen LogP contribution >= 0.6 is 0 Å². The van der Waals surface area contributed by atoms with Crippen LogP contribution in [0.25, 0.3) is 0 Å². The van der Waals surface area contributed by atoms with Crippen LogP contribution in [-0.2, 0) is 0 Å². The Balaban J connectivity index is -0.0000000714. The summed E-state index contributed by atoms with van der Waals surface area (Å²) in [4.78, 5) is 0.